The monoisotopic (exact) mass is 369 g/mol. The fraction of sp³-hybridized carbons (Fsp3) is 0.0870. The van der Waals surface area contributed by atoms with Gasteiger partial charge in [0, 0.05) is 11.1 Å². The third-order valence-corrected chi connectivity index (χ3v) is 4.65. The predicted molar refractivity (Wildman–Crippen MR) is 106 cm³/mol. The van der Waals surface area contributed by atoms with E-state index in [1.807, 2.05) is 54.6 Å². The van der Waals surface area contributed by atoms with Gasteiger partial charge in [-0.05, 0) is 11.6 Å². The van der Waals surface area contributed by atoms with Gasteiger partial charge in [-0.25, -0.2) is 0 Å². The number of carbonyl (C=O) groups is 2. The maximum absolute atomic E-state index is 13.0. The minimum absolute atomic E-state index is 0.0896. The Morgan fingerprint density at radius 2 is 1.57 bits per heavy atom. The number of anilines is 1. The molecule has 0 unspecified atom stereocenters. The average Bonchev–Trinajstić information content (AvgIpc) is 2.99. The molecule has 5 heteroatoms. The number of carbonyl (C=O) groups excluding carboxylic acids is 2. The molecule has 1 aliphatic heterocycles. The minimum atomic E-state index is -0.398. The van der Waals surface area contributed by atoms with E-state index in [9.17, 15) is 14.7 Å². The first-order chi connectivity index (χ1) is 13.6. The Labute approximate surface area is 162 Å². The smallest absolute Gasteiger partial charge is 0.277 e. The van der Waals surface area contributed by atoms with Crippen LogP contribution in [0.1, 0.15) is 21.5 Å². The molecule has 3 aromatic rings. The van der Waals surface area contributed by atoms with Crippen LogP contribution in [0.2, 0.25) is 0 Å². The molecule has 0 spiro atoms. The van der Waals surface area contributed by atoms with E-state index in [-0.39, 0.29) is 29.5 Å². The maximum Gasteiger partial charge on any atom is 0.277 e. The highest BCUT2D eigenvalue weighted by atomic mass is 16.3. The molecule has 138 valence electrons. The summed E-state index contributed by atoms with van der Waals surface area (Å²) in [4.78, 5) is 31.3. The van der Waals surface area contributed by atoms with Crippen molar-refractivity contribution < 1.29 is 14.7 Å². The van der Waals surface area contributed by atoms with Crippen LogP contribution in [0.3, 0.4) is 0 Å². The lowest BCUT2D eigenvalue weighted by Crippen LogP contribution is -2.30. The van der Waals surface area contributed by atoms with Crippen LogP contribution in [-0.4, -0.2) is 23.9 Å². The Kier molecular flexibility index (Phi) is 4.72. The molecule has 0 radical (unpaired) electrons. The maximum atomic E-state index is 13.0. The van der Waals surface area contributed by atoms with E-state index >= 15 is 0 Å². The van der Waals surface area contributed by atoms with Crippen LogP contribution < -0.4 is 10.0 Å². The summed E-state index contributed by atoms with van der Waals surface area (Å²) in [6.07, 6.45) is 0. The van der Waals surface area contributed by atoms with E-state index in [2.05, 4.69) is 4.99 Å². The number of fused-ring (bicyclic) bond motifs is 1. The van der Waals surface area contributed by atoms with Crippen LogP contribution in [0.4, 0.5) is 5.69 Å². The summed E-state index contributed by atoms with van der Waals surface area (Å²) in [7, 11) is 0. The molecule has 1 heterocycles. The van der Waals surface area contributed by atoms with Gasteiger partial charge in [-0.3, -0.25) is 14.6 Å². The largest absolute Gasteiger partial charge is 0.872 e. The zero-order chi connectivity index (χ0) is 19.5. The molecule has 0 fully saturated rings. The molecule has 5 nitrogen and oxygen atoms in total. The van der Waals surface area contributed by atoms with Crippen LogP contribution >= 0.6 is 0 Å². The molecule has 0 atom stereocenters. The highest BCUT2D eigenvalue weighted by Crippen LogP contribution is 2.30. The van der Waals surface area contributed by atoms with Crippen LogP contribution in [0, 0.1) is 0 Å². The van der Waals surface area contributed by atoms with E-state index in [0.29, 0.717) is 12.1 Å². The van der Waals surface area contributed by atoms with E-state index in [1.54, 1.807) is 17.0 Å². The lowest BCUT2D eigenvalue weighted by atomic mass is 10.1. The molecular weight excluding hydrogens is 352 g/mol. The second-order valence-corrected chi connectivity index (χ2v) is 6.48. The average molecular weight is 369 g/mol. The third-order valence-electron chi connectivity index (χ3n) is 4.65. The normalized spacial score (nSPS) is 14.4. The summed E-state index contributed by atoms with van der Waals surface area (Å²) in [6, 6.07) is 23.1. The molecule has 1 amide bonds. The summed E-state index contributed by atoms with van der Waals surface area (Å²) in [5, 5.41) is 11.8. The Morgan fingerprint density at radius 1 is 0.893 bits per heavy atom. The topological polar surface area (TPSA) is 72.8 Å². The second-order valence-electron chi connectivity index (χ2n) is 6.48. The molecule has 28 heavy (non-hydrogen) atoms. The predicted octanol–water partition coefficient (Wildman–Crippen LogP) is 2.98. The lowest BCUT2D eigenvalue weighted by molar-refractivity contribution is -0.268. The van der Waals surface area contributed by atoms with Crippen molar-refractivity contribution in [1.82, 2.24) is 0 Å². The van der Waals surface area contributed by atoms with Crippen molar-refractivity contribution in [2.24, 2.45) is 4.99 Å². The molecule has 0 saturated carbocycles. The highest BCUT2D eigenvalue weighted by molar-refractivity contribution is 6.54. The van der Waals surface area contributed by atoms with Crippen molar-refractivity contribution in [1.29, 1.82) is 0 Å². The number of hydrogen-bond donors (Lipinski definition) is 0. The van der Waals surface area contributed by atoms with E-state index in [0.717, 1.165) is 11.3 Å². The molecule has 4 rings (SSSR count). The number of aliphatic imine (C=N–C) groups is 1. The first kappa shape index (κ1) is 17.7. The molecule has 0 bridgehead atoms. The zero-order valence-corrected chi connectivity index (χ0v) is 15.0. The molecule has 3 aromatic carbocycles. The Hall–Kier alpha value is -3.73. The number of Topliss-reactive ketones (excluding diaryl/α,β-unsaturated/α-hetero) is 1. The van der Waals surface area contributed by atoms with Gasteiger partial charge >= 0.3 is 0 Å². The van der Waals surface area contributed by atoms with Gasteiger partial charge in [0.25, 0.3) is 5.91 Å². The molecule has 0 aromatic heterocycles. The molecule has 0 aliphatic carbocycles. The molecule has 0 saturated heterocycles. The van der Waals surface area contributed by atoms with Gasteiger partial charge in [0.2, 0.25) is 0 Å². The molecule has 0 N–H and O–H groups in total. The van der Waals surface area contributed by atoms with Gasteiger partial charge in [-0.1, -0.05) is 78.5 Å². The van der Waals surface area contributed by atoms with Crippen LogP contribution in [0.5, 0.6) is 5.75 Å². The number of para-hydroxylation sites is 2. The zero-order valence-electron chi connectivity index (χ0n) is 15.0. The van der Waals surface area contributed by atoms with Gasteiger partial charge < -0.3 is 10.0 Å². The number of rotatable bonds is 5. The first-order valence-electron chi connectivity index (χ1n) is 8.94. The van der Waals surface area contributed by atoms with E-state index in [4.69, 9.17) is 0 Å². The highest BCUT2D eigenvalue weighted by Gasteiger charge is 2.33. The number of nitrogens with zero attached hydrogens (tertiary/aromatic N) is 2. The quantitative estimate of drug-likeness (QED) is 0.649. The lowest BCUT2D eigenvalue weighted by Gasteiger charge is -2.16. The van der Waals surface area contributed by atoms with Crippen LogP contribution in [0.25, 0.3) is 0 Å². The van der Waals surface area contributed by atoms with Crippen molar-refractivity contribution >= 4 is 23.1 Å². The number of ketones is 1. The van der Waals surface area contributed by atoms with Gasteiger partial charge in [0.05, 0.1) is 12.2 Å². The van der Waals surface area contributed by atoms with Gasteiger partial charge in [0.15, 0.2) is 5.78 Å². The van der Waals surface area contributed by atoms with Crippen molar-refractivity contribution in [2.45, 2.75) is 6.54 Å². The number of benzene rings is 3. The van der Waals surface area contributed by atoms with E-state index < -0.39 is 5.78 Å². The van der Waals surface area contributed by atoms with Gasteiger partial charge in [-0.15, -0.1) is 0 Å². The standard InChI is InChI=1S/C23H18N2O3/c26-20-13-7-5-11-18(20)21(27)14-24-22-17-10-4-6-12-19(17)25(23(22)28)15-16-8-2-1-3-9-16/h1-13,26H,14-15H2/p-1. The summed E-state index contributed by atoms with van der Waals surface area (Å²) in [6.45, 7) is 0.181. The SMILES string of the molecule is O=C(CN=C1C(=O)N(Cc2ccccc2)c2ccccc21)c1ccccc1[O-]. The first-order valence-corrected chi connectivity index (χ1v) is 8.94. The van der Waals surface area contributed by atoms with Gasteiger partial charge in [0.1, 0.15) is 12.3 Å². The summed E-state index contributed by atoms with van der Waals surface area (Å²) >= 11 is 0. The van der Waals surface area contributed by atoms with Crippen LogP contribution in [-0.2, 0) is 11.3 Å². The van der Waals surface area contributed by atoms with E-state index in [1.165, 1.54) is 12.1 Å². The minimum Gasteiger partial charge on any atom is -0.872 e. The molecular formula is C23H17N2O3-. The Morgan fingerprint density at radius 3 is 2.36 bits per heavy atom. The Balaban J connectivity index is 1.62. The summed E-state index contributed by atoms with van der Waals surface area (Å²) < 4.78 is 0. The summed E-state index contributed by atoms with van der Waals surface area (Å²) in [5.41, 5.74) is 2.82. The Bertz CT molecular complexity index is 1070. The van der Waals surface area contributed by atoms with Gasteiger partial charge in [-0.2, -0.15) is 0 Å². The fourth-order valence-electron chi connectivity index (χ4n) is 3.27. The number of amides is 1. The van der Waals surface area contributed by atoms with Crippen LogP contribution in [0.15, 0.2) is 83.9 Å². The van der Waals surface area contributed by atoms with Crippen molar-refractivity contribution in [3.63, 3.8) is 0 Å². The van der Waals surface area contributed by atoms with Crippen molar-refractivity contribution in [3.05, 3.63) is 95.6 Å². The number of hydrogen-bond acceptors (Lipinski definition) is 4. The van der Waals surface area contributed by atoms with Crippen molar-refractivity contribution in [2.75, 3.05) is 11.4 Å². The second kappa shape index (κ2) is 7.48. The molecule has 1 aliphatic rings. The third kappa shape index (κ3) is 3.30. The summed E-state index contributed by atoms with van der Waals surface area (Å²) in [5.74, 6) is -0.977. The fourth-order valence-corrected chi connectivity index (χ4v) is 3.27. The van der Waals surface area contributed by atoms with Crippen molar-refractivity contribution in [3.8, 4) is 5.75 Å².